The van der Waals surface area contributed by atoms with Crippen LogP contribution in [0.4, 0.5) is 17.1 Å². The summed E-state index contributed by atoms with van der Waals surface area (Å²) < 4.78 is 0. The van der Waals surface area contributed by atoms with Crippen molar-refractivity contribution in [3.8, 4) is 0 Å². The summed E-state index contributed by atoms with van der Waals surface area (Å²) in [6, 6.07) is 12.9. The largest absolute Gasteiger partial charge is 0.398 e. The van der Waals surface area contributed by atoms with E-state index >= 15 is 0 Å². The minimum atomic E-state index is -0.0626. The molecule has 0 bridgehead atoms. The number of rotatable bonds is 3. The van der Waals surface area contributed by atoms with Gasteiger partial charge in [-0.3, -0.25) is 9.59 Å². The maximum atomic E-state index is 13.1. The van der Waals surface area contributed by atoms with Crippen LogP contribution in [0.25, 0.3) is 0 Å². The molecule has 0 aromatic heterocycles. The Morgan fingerprint density at radius 3 is 2.67 bits per heavy atom. The number of hydrogen-bond acceptors (Lipinski definition) is 3. The van der Waals surface area contributed by atoms with E-state index in [1.807, 2.05) is 30.3 Å². The van der Waals surface area contributed by atoms with Gasteiger partial charge in [0.05, 0.1) is 0 Å². The molecule has 5 nitrogen and oxygen atoms in total. The van der Waals surface area contributed by atoms with E-state index in [0.717, 1.165) is 36.2 Å². The van der Waals surface area contributed by atoms with Crippen molar-refractivity contribution < 1.29 is 9.59 Å². The van der Waals surface area contributed by atoms with Crippen molar-refractivity contribution >= 4 is 41.3 Å². The molecule has 3 N–H and O–H groups in total. The first kappa shape index (κ1) is 19.2. The van der Waals surface area contributed by atoms with E-state index in [1.165, 1.54) is 0 Å². The van der Waals surface area contributed by atoms with E-state index < -0.39 is 0 Å². The Morgan fingerprint density at radius 1 is 1.19 bits per heavy atom. The number of nitrogen functional groups attached to an aromatic ring is 1. The number of nitrogens with zero attached hydrogens (tertiary/aromatic N) is 1. The van der Waals surface area contributed by atoms with Crippen LogP contribution in [-0.4, -0.2) is 18.4 Å². The molecule has 2 aliphatic rings. The third-order valence-electron chi connectivity index (χ3n) is 5.36. The lowest BCUT2D eigenvalue weighted by Crippen LogP contribution is -2.35. The molecule has 0 spiro atoms. The number of benzene rings is 2. The summed E-state index contributed by atoms with van der Waals surface area (Å²) in [5.41, 5.74) is 9.99. The summed E-state index contributed by atoms with van der Waals surface area (Å²) in [6.07, 6.45) is 2.72. The molecule has 1 fully saturated rings. The van der Waals surface area contributed by atoms with Gasteiger partial charge in [0.15, 0.2) is 0 Å². The maximum absolute atomic E-state index is 13.1. The summed E-state index contributed by atoms with van der Waals surface area (Å²) in [5.74, 6) is 0.534. The number of anilines is 3. The molecule has 6 heteroatoms. The summed E-state index contributed by atoms with van der Waals surface area (Å²) in [4.78, 5) is 27.0. The van der Waals surface area contributed by atoms with E-state index in [2.05, 4.69) is 12.2 Å². The molecule has 0 radical (unpaired) electrons. The van der Waals surface area contributed by atoms with Gasteiger partial charge in [0.1, 0.15) is 0 Å². The first-order valence-corrected chi connectivity index (χ1v) is 9.15. The van der Waals surface area contributed by atoms with Gasteiger partial charge < -0.3 is 16.0 Å². The fourth-order valence-corrected chi connectivity index (χ4v) is 3.67. The molecule has 2 atom stereocenters. The number of hydrogen-bond donors (Lipinski definition) is 2. The molecule has 27 heavy (non-hydrogen) atoms. The van der Waals surface area contributed by atoms with Crippen molar-refractivity contribution in [1.82, 2.24) is 0 Å². The fraction of sp³-hybridized carbons (Fsp3) is 0.333. The third kappa shape index (κ3) is 3.78. The second-order valence-electron chi connectivity index (χ2n) is 7.29. The lowest BCUT2D eigenvalue weighted by Gasteiger charge is -2.30. The first-order chi connectivity index (χ1) is 12.5. The van der Waals surface area contributed by atoms with Gasteiger partial charge in [-0.05, 0) is 61.1 Å². The number of fused-ring (bicyclic) bond motifs is 1. The molecule has 2 amide bonds. The van der Waals surface area contributed by atoms with E-state index in [0.29, 0.717) is 23.7 Å². The Morgan fingerprint density at radius 2 is 1.93 bits per heavy atom. The highest BCUT2D eigenvalue weighted by molar-refractivity contribution is 6.08. The van der Waals surface area contributed by atoms with E-state index in [1.54, 1.807) is 17.0 Å². The van der Waals surface area contributed by atoms with Crippen molar-refractivity contribution in [2.45, 2.75) is 26.2 Å². The topological polar surface area (TPSA) is 75.4 Å². The lowest BCUT2D eigenvalue weighted by molar-refractivity contribution is -0.117. The monoisotopic (exact) mass is 385 g/mol. The lowest BCUT2D eigenvalue weighted by atomic mass is 9.99. The molecular weight excluding hydrogens is 362 g/mol. The molecule has 1 heterocycles. The van der Waals surface area contributed by atoms with Gasteiger partial charge in [0.25, 0.3) is 5.91 Å². The minimum Gasteiger partial charge on any atom is -0.398 e. The average molecular weight is 386 g/mol. The zero-order valence-electron chi connectivity index (χ0n) is 15.3. The Kier molecular flexibility index (Phi) is 5.42. The Labute approximate surface area is 165 Å². The Hall–Kier alpha value is -2.53. The van der Waals surface area contributed by atoms with Crippen LogP contribution in [0.1, 0.15) is 35.7 Å². The van der Waals surface area contributed by atoms with Crippen LogP contribution in [0.2, 0.25) is 0 Å². The zero-order chi connectivity index (χ0) is 18.3. The van der Waals surface area contributed by atoms with E-state index in [9.17, 15) is 9.59 Å². The first-order valence-electron chi connectivity index (χ1n) is 9.15. The molecule has 142 valence electrons. The summed E-state index contributed by atoms with van der Waals surface area (Å²) in [6.45, 7) is 2.75. The summed E-state index contributed by atoms with van der Waals surface area (Å²) in [5, 5.41) is 2.93. The number of nitrogens with one attached hydrogen (secondary N) is 1. The van der Waals surface area contributed by atoms with E-state index in [-0.39, 0.29) is 30.1 Å². The smallest absolute Gasteiger partial charge is 0.258 e. The highest BCUT2D eigenvalue weighted by Gasteiger charge is 2.39. The number of halogens is 1. The van der Waals surface area contributed by atoms with Crippen LogP contribution in [-0.2, 0) is 11.2 Å². The molecule has 2 aromatic carbocycles. The Balaban J connectivity index is 0.00000210. The molecule has 2 aromatic rings. The van der Waals surface area contributed by atoms with Gasteiger partial charge >= 0.3 is 0 Å². The molecule has 1 aliphatic heterocycles. The van der Waals surface area contributed by atoms with Crippen LogP contribution < -0.4 is 16.0 Å². The van der Waals surface area contributed by atoms with Gasteiger partial charge in [-0.1, -0.05) is 19.1 Å². The predicted octanol–water partition coefficient (Wildman–Crippen LogP) is 3.88. The second kappa shape index (κ2) is 7.61. The highest BCUT2D eigenvalue weighted by atomic mass is 35.5. The van der Waals surface area contributed by atoms with Crippen molar-refractivity contribution in [3.63, 3.8) is 0 Å². The molecule has 4 rings (SSSR count). The number of amides is 2. The summed E-state index contributed by atoms with van der Waals surface area (Å²) >= 11 is 0. The van der Waals surface area contributed by atoms with Gasteiger partial charge in [0.2, 0.25) is 5.91 Å². The van der Waals surface area contributed by atoms with Crippen molar-refractivity contribution in [3.05, 3.63) is 53.6 Å². The van der Waals surface area contributed by atoms with Gasteiger partial charge in [0, 0.05) is 35.1 Å². The molecule has 2 unspecified atom stereocenters. The van der Waals surface area contributed by atoms with Crippen LogP contribution >= 0.6 is 12.4 Å². The van der Waals surface area contributed by atoms with Crippen LogP contribution in [0.5, 0.6) is 0 Å². The van der Waals surface area contributed by atoms with E-state index in [4.69, 9.17) is 5.73 Å². The molecule has 1 aliphatic carbocycles. The molecule has 0 saturated heterocycles. The fourth-order valence-electron chi connectivity index (χ4n) is 3.67. The average Bonchev–Trinajstić information content (AvgIpc) is 3.38. The number of carbonyl (C=O) groups excluding carboxylic acids is 2. The second-order valence-corrected chi connectivity index (χ2v) is 7.29. The van der Waals surface area contributed by atoms with Crippen molar-refractivity contribution in [2.75, 3.05) is 22.5 Å². The summed E-state index contributed by atoms with van der Waals surface area (Å²) in [7, 11) is 0. The standard InChI is InChI=1S/C21H23N3O2.ClH/c1-13-11-17(13)20(25)23-15-6-2-5-14(12-15)21(26)24-10-4-7-16-18(22)8-3-9-19(16)24;/h2-3,5-6,8-9,12-13,17H,4,7,10-11,22H2,1H3,(H,23,25);1H. The number of nitrogens with two attached hydrogens (primary N) is 1. The van der Waals surface area contributed by atoms with Gasteiger partial charge in [-0.2, -0.15) is 0 Å². The quantitative estimate of drug-likeness (QED) is 0.787. The van der Waals surface area contributed by atoms with Gasteiger partial charge in [-0.15, -0.1) is 12.4 Å². The highest BCUT2D eigenvalue weighted by Crippen LogP contribution is 2.38. The zero-order valence-corrected chi connectivity index (χ0v) is 16.1. The van der Waals surface area contributed by atoms with Crippen LogP contribution in [0.3, 0.4) is 0 Å². The normalized spacial score (nSPS) is 20.3. The van der Waals surface area contributed by atoms with Gasteiger partial charge in [-0.25, -0.2) is 0 Å². The maximum Gasteiger partial charge on any atom is 0.258 e. The van der Waals surface area contributed by atoms with Crippen LogP contribution in [0.15, 0.2) is 42.5 Å². The van der Waals surface area contributed by atoms with Crippen molar-refractivity contribution in [1.29, 1.82) is 0 Å². The van der Waals surface area contributed by atoms with Crippen molar-refractivity contribution in [2.24, 2.45) is 11.8 Å². The SMILES string of the molecule is CC1CC1C(=O)Nc1cccc(C(=O)N2CCCc3c(N)cccc32)c1.Cl. The predicted molar refractivity (Wildman–Crippen MR) is 110 cm³/mol. The third-order valence-corrected chi connectivity index (χ3v) is 5.36. The molecule has 1 saturated carbocycles. The van der Waals surface area contributed by atoms with Crippen LogP contribution in [0, 0.1) is 11.8 Å². The minimum absolute atomic E-state index is 0. The Bertz CT molecular complexity index is 883. The number of carbonyl (C=O) groups is 2. The molecular formula is C21H24ClN3O2.